The molecule has 2 rings (SSSR count). The molecule has 128 valence electrons. The monoisotopic (exact) mass is 405 g/mol. The Labute approximate surface area is 158 Å². The van der Waals surface area contributed by atoms with E-state index < -0.39 is 5.97 Å². The van der Waals surface area contributed by atoms with Gasteiger partial charge in [0.2, 0.25) is 0 Å². The molecule has 0 bridgehead atoms. The molecule has 0 atom stereocenters. The average molecular weight is 406 g/mol. The van der Waals surface area contributed by atoms with Crippen LogP contribution in [0.3, 0.4) is 0 Å². The van der Waals surface area contributed by atoms with Crippen LogP contribution in [0.2, 0.25) is 10.0 Å². The van der Waals surface area contributed by atoms with E-state index >= 15 is 0 Å². The third-order valence-corrected chi connectivity index (χ3v) is 5.01. The Morgan fingerprint density at radius 1 is 1.38 bits per heavy atom. The standard InChI is InChI=1S/C15H13Cl2NO4S2/c1-3-18-14(20)11(24-15(18)23)6-8-4-9(16)13(10(17)5-8)22-7-12(19)21-2/h4-6H,3,7H2,1-2H3/b11-6-. The molecule has 1 aromatic rings. The zero-order valence-electron chi connectivity index (χ0n) is 12.8. The Bertz CT molecular complexity index is 713. The van der Waals surface area contributed by atoms with Gasteiger partial charge in [0, 0.05) is 6.54 Å². The number of likely N-dealkylation sites (N-methyl/N-ethyl adjacent to an activating group) is 1. The number of amides is 1. The maximum atomic E-state index is 12.2. The highest BCUT2D eigenvalue weighted by atomic mass is 35.5. The summed E-state index contributed by atoms with van der Waals surface area (Å²) in [5.41, 5.74) is 0.632. The molecule has 0 aliphatic carbocycles. The molecular weight excluding hydrogens is 393 g/mol. The highest BCUT2D eigenvalue weighted by molar-refractivity contribution is 8.26. The Morgan fingerprint density at radius 2 is 2.00 bits per heavy atom. The minimum Gasteiger partial charge on any atom is -0.479 e. The number of carbonyl (C=O) groups is 2. The smallest absolute Gasteiger partial charge is 0.343 e. The van der Waals surface area contributed by atoms with Crippen LogP contribution in [0.1, 0.15) is 12.5 Å². The van der Waals surface area contributed by atoms with Crippen LogP contribution in [-0.4, -0.2) is 41.4 Å². The number of rotatable bonds is 5. The third kappa shape index (κ3) is 4.22. The van der Waals surface area contributed by atoms with E-state index in [0.717, 1.165) is 0 Å². The second-order valence-corrected chi connectivity index (χ2v) is 7.09. The first-order valence-corrected chi connectivity index (χ1v) is 8.79. The number of methoxy groups -OCH3 is 1. The number of esters is 1. The quantitative estimate of drug-likeness (QED) is 0.422. The van der Waals surface area contributed by atoms with Crippen molar-refractivity contribution in [1.82, 2.24) is 4.90 Å². The van der Waals surface area contributed by atoms with Crippen molar-refractivity contribution >= 4 is 69.5 Å². The SMILES string of the molecule is CCN1C(=O)/C(=C/c2cc(Cl)c(OCC(=O)OC)c(Cl)c2)SC1=S. The molecule has 1 fully saturated rings. The molecule has 0 spiro atoms. The van der Waals surface area contributed by atoms with E-state index in [1.807, 2.05) is 6.92 Å². The van der Waals surface area contributed by atoms with Crippen LogP contribution in [-0.2, 0) is 14.3 Å². The summed E-state index contributed by atoms with van der Waals surface area (Å²) < 4.78 is 10.3. The number of benzene rings is 1. The highest BCUT2D eigenvalue weighted by Gasteiger charge is 2.30. The highest BCUT2D eigenvalue weighted by Crippen LogP contribution is 2.37. The van der Waals surface area contributed by atoms with E-state index in [4.69, 9.17) is 40.2 Å². The molecule has 0 unspecified atom stereocenters. The van der Waals surface area contributed by atoms with Crippen molar-refractivity contribution in [3.63, 3.8) is 0 Å². The predicted octanol–water partition coefficient (Wildman–Crippen LogP) is 3.77. The summed E-state index contributed by atoms with van der Waals surface area (Å²) in [7, 11) is 1.25. The minimum atomic E-state index is -0.547. The maximum Gasteiger partial charge on any atom is 0.343 e. The Hall–Kier alpha value is -1.28. The van der Waals surface area contributed by atoms with Gasteiger partial charge in [-0.25, -0.2) is 4.79 Å². The van der Waals surface area contributed by atoms with Crippen LogP contribution in [0, 0.1) is 0 Å². The molecule has 24 heavy (non-hydrogen) atoms. The van der Waals surface area contributed by atoms with Gasteiger partial charge in [-0.1, -0.05) is 47.2 Å². The fourth-order valence-corrected chi connectivity index (χ4v) is 3.91. The summed E-state index contributed by atoms with van der Waals surface area (Å²) >= 11 is 18.7. The Balaban J connectivity index is 2.24. The van der Waals surface area contributed by atoms with Gasteiger partial charge in [-0.2, -0.15) is 0 Å². The molecule has 0 aromatic heterocycles. The summed E-state index contributed by atoms with van der Waals surface area (Å²) in [4.78, 5) is 25.4. The molecule has 0 radical (unpaired) electrons. The van der Waals surface area contributed by atoms with Gasteiger partial charge in [-0.05, 0) is 30.7 Å². The summed E-state index contributed by atoms with van der Waals surface area (Å²) in [5, 5.41) is 0.451. The molecule has 1 aliphatic rings. The molecule has 0 saturated carbocycles. The summed E-state index contributed by atoms with van der Waals surface area (Å²) in [6.07, 6.45) is 1.66. The van der Waals surface area contributed by atoms with Crippen molar-refractivity contribution in [3.05, 3.63) is 32.6 Å². The topological polar surface area (TPSA) is 55.8 Å². The second kappa shape index (κ2) is 8.20. The molecule has 1 saturated heterocycles. The van der Waals surface area contributed by atoms with Crippen LogP contribution < -0.4 is 4.74 Å². The predicted molar refractivity (Wildman–Crippen MR) is 99.5 cm³/mol. The molecule has 1 aliphatic heterocycles. The minimum absolute atomic E-state index is 0.147. The molecular formula is C15H13Cl2NO4S2. The van der Waals surface area contributed by atoms with E-state index in [9.17, 15) is 9.59 Å². The lowest BCUT2D eigenvalue weighted by Crippen LogP contribution is -2.27. The molecule has 1 heterocycles. The summed E-state index contributed by atoms with van der Waals surface area (Å²) in [6.45, 7) is 2.07. The lowest BCUT2D eigenvalue weighted by atomic mass is 10.2. The van der Waals surface area contributed by atoms with Crippen LogP contribution in [0.25, 0.3) is 6.08 Å². The Morgan fingerprint density at radius 3 is 2.50 bits per heavy atom. The van der Waals surface area contributed by atoms with Crippen molar-refractivity contribution in [1.29, 1.82) is 0 Å². The van der Waals surface area contributed by atoms with Crippen molar-refractivity contribution in [2.75, 3.05) is 20.3 Å². The summed E-state index contributed by atoms with van der Waals surface area (Å²) in [5.74, 6) is -0.512. The van der Waals surface area contributed by atoms with Gasteiger partial charge in [-0.3, -0.25) is 9.69 Å². The number of carbonyl (C=O) groups excluding carboxylic acids is 2. The first kappa shape index (κ1) is 19.1. The van der Waals surface area contributed by atoms with Crippen molar-refractivity contribution < 1.29 is 19.1 Å². The van der Waals surface area contributed by atoms with Gasteiger partial charge in [0.25, 0.3) is 5.91 Å². The van der Waals surface area contributed by atoms with Crippen LogP contribution in [0.4, 0.5) is 0 Å². The fourth-order valence-electron chi connectivity index (χ4n) is 1.91. The van der Waals surface area contributed by atoms with E-state index in [2.05, 4.69) is 4.74 Å². The molecule has 0 N–H and O–H groups in total. The number of nitrogens with zero attached hydrogens (tertiary/aromatic N) is 1. The summed E-state index contributed by atoms with van der Waals surface area (Å²) in [6, 6.07) is 3.19. The second-order valence-electron chi connectivity index (χ2n) is 4.60. The molecule has 5 nitrogen and oxygen atoms in total. The van der Waals surface area contributed by atoms with Gasteiger partial charge in [0.1, 0.15) is 4.32 Å². The zero-order valence-corrected chi connectivity index (χ0v) is 15.9. The molecule has 1 amide bonds. The van der Waals surface area contributed by atoms with Gasteiger partial charge in [-0.15, -0.1) is 0 Å². The number of hydrogen-bond donors (Lipinski definition) is 0. The fraction of sp³-hybridized carbons (Fsp3) is 0.267. The maximum absolute atomic E-state index is 12.2. The third-order valence-electron chi connectivity index (χ3n) is 3.07. The number of halogens is 2. The van der Waals surface area contributed by atoms with Gasteiger partial charge in [0.15, 0.2) is 12.4 Å². The van der Waals surface area contributed by atoms with Gasteiger partial charge >= 0.3 is 5.97 Å². The largest absolute Gasteiger partial charge is 0.479 e. The van der Waals surface area contributed by atoms with Gasteiger partial charge in [0.05, 0.1) is 22.1 Å². The van der Waals surface area contributed by atoms with E-state index in [1.165, 1.54) is 23.8 Å². The Kier molecular flexibility index (Phi) is 6.51. The van der Waals surface area contributed by atoms with Crippen molar-refractivity contribution in [3.8, 4) is 5.75 Å². The first-order chi connectivity index (χ1) is 11.4. The van der Waals surface area contributed by atoms with Crippen LogP contribution in [0.5, 0.6) is 5.75 Å². The number of hydrogen-bond acceptors (Lipinski definition) is 6. The van der Waals surface area contributed by atoms with Crippen LogP contribution >= 0.6 is 47.2 Å². The molecule has 1 aromatic carbocycles. The number of thioether (sulfide) groups is 1. The van der Waals surface area contributed by atoms with E-state index in [0.29, 0.717) is 21.3 Å². The van der Waals surface area contributed by atoms with Gasteiger partial charge < -0.3 is 9.47 Å². The van der Waals surface area contributed by atoms with Crippen molar-refractivity contribution in [2.45, 2.75) is 6.92 Å². The lowest BCUT2D eigenvalue weighted by molar-refractivity contribution is -0.142. The van der Waals surface area contributed by atoms with E-state index in [-0.39, 0.29) is 28.3 Å². The van der Waals surface area contributed by atoms with Crippen LogP contribution in [0.15, 0.2) is 17.0 Å². The zero-order chi connectivity index (χ0) is 17.9. The molecule has 9 heteroatoms. The number of thiocarbonyl (C=S) groups is 1. The lowest BCUT2D eigenvalue weighted by Gasteiger charge is -2.10. The van der Waals surface area contributed by atoms with E-state index in [1.54, 1.807) is 18.2 Å². The number of ether oxygens (including phenoxy) is 2. The van der Waals surface area contributed by atoms with Crippen molar-refractivity contribution in [2.24, 2.45) is 0 Å². The first-order valence-electron chi connectivity index (χ1n) is 6.81. The average Bonchev–Trinajstić information content (AvgIpc) is 2.79. The normalized spacial score (nSPS) is 16.0.